The fraction of sp³-hybridized carbons (Fsp3) is 0.278. The van der Waals surface area contributed by atoms with Gasteiger partial charge in [-0.05, 0) is 28.1 Å². The Morgan fingerprint density at radius 2 is 1.78 bits per heavy atom. The van der Waals surface area contributed by atoms with Crippen LogP contribution in [0.2, 0.25) is 0 Å². The van der Waals surface area contributed by atoms with E-state index in [1.807, 2.05) is 30.3 Å². The molecular formula is C18H22BNO3. The van der Waals surface area contributed by atoms with Crippen LogP contribution < -0.4 is 10.8 Å². The number of rotatable bonds is 7. The van der Waals surface area contributed by atoms with E-state index < -0.39 is 7.12 Å². The molecule has 0 aromatic heterocycles. The van der Waals surface area contributed by atoms with Crippen LogP contribution >= 0.6 is 0 Å². The van der Waals surface area contributed by atoms with Crippen LogP contribution in [0.5, 0.6) is 0 Å². The van der Waals surface area contributed by atoms with Gasteiger partial charge in [0.1, 0.15) is 6.29 Å². The molecule has 5 heteroatoms. The molecule has 0 spiro atoms. The first-order valence-corrected chi connectivity index (χ1v) is 7.75. The van der Waals surface area contributed by atoms with Crippen LogP contribution in [0.15, 0.2) is 42.5 Å². The average Bonchev–Trinajstić information content (AvgIpc) is 2.55. The lowest BCUT2D eigenvalue weighted by Gasteiger charge is -2.14. The molecule has 0 fully saturated rings. The predicted octanol–water partition coefficient (Wildman–Crippen LogP) is 1.59. The normalized spacial score (nSPS) is 10.8. The summed E-state index contributed by atoms with van der Waals surface area (Å²) in [5, 5.41) is 22.3. The monoisotopic (exact) mass is 311 g/mol. The van der Waals surface area contributed by atoms with Crippen LogP contribution in [0.4, 0.5) is 0 Å². The first-order valence-electron chi connectivity index (χ1n) is 7.75. The summed E-state index contributed by atoms with van der Waals surface area (Å²) in [6.45, 7) is 5.24. The fourth-order valence-corrected chi connectivity index (χ4v) is 2.53. The summed E-state index contributed by atoms with van der Waals surface area (Å²) in [5.74, 6) is 0.370. The Labute approximate surface area is 137 Å². The van der Waals surface area contributed by atoms with Crippen molar-refractivity contribution >= 4 is 18.9 Å². The van der Waals surface area contributed by atoms with Crippen molar-refractivity contribution in [3.63, 3.8) is 0 Å². The van der Waals surface area contributed by atoms with Crippen molar-refractivity contribution in [1.82, 2.24) is 5.32 Å². The maximum Gasteiger partial charge on any atom is 0.488 e. The Kier molecular flexibility index (Phi) is 6.10. The van der Waals surface area contributed by atoms with Gasteiger partial charge in [0.2, 0.25) is 0 Å². The minimum atomic E-state index is -1.49. The van der Waals surface area contributed by atoms with Crippen molar-refractivity contribution in [2.75, 3.05) is 0 Å². The number of carbonyl (C=O) groups excluding carboxylic acids is 1. The second-order valence-corrected chi connectivity index (χ2v) is 5.91. The van der Waals surface area contributed by atoms with Gasteiger partial charge in [-0.25, -0.2) is 0 Å². The lowest BCUT2D eigenvalue weighted by Crippen LogP contribution is -2.35. The van der Waals surface area contributed by atoms with E-state index in [9.17, 15) is 14.8 Å². The summed E-state index contributed by atoms with van der Waals surface area (Å²) in [7, 11) is -1.49. The van der Waals surface area contributed by atoms with Gasteiger partial charge in [0.15, 0.2) is 0 Å². The number of hydrogen-bond donors (Lipinski definition) is 3. The molecular weight excluding hydrogens is 289 g/mol. The lowest BCUT2D eigenvalue weighted by atomic mass is 9.76. The van der Waals surface area contributed by atoms with Crippen LogP contribution in [-0.4, -0.2) is 23.5 Å². The maximum atomic E-state index is 11.0. The molecule has 2 aromatic rings. The third kappa shape index (κ3) is 4.51. The Balaban J connectivity index is 2.12. The standard InChI is InChI=1S/C18H22BNO3/c1-13(2)14-7-8-18(19(22)23)17(9-14)11-20-10-15-5-3-4-6-16(15)12-21/h3-9,12-13,20,22-23H,10-11H2,1-2H3. The van der Waals surface area contributed by atoms with E-state index >= 15 is 0 Å². The van der Waals surface area contributed by atoms with E-state index in [2.05, 4.69) is 19.2 Å². The zero-order chi connectivity index (χ0) is 16.8. The maximum absolute atomic E-state index is 11.0. The van der Waals surface area contributed by atoms with Gasteiger partial charge in [0.25, 0.3) is 0 Å². The molecule has 0 aliphatic heterocycles. The molecule has 0 saturated heterocycles. The molecule has 3 N–H and O–H groups in total. The SMILES string of the molecule is CC(C)c1ccc(B(O)O)c(CNCc2ccccc2C=O)c1. The molecule has 0 aliphatic carbocycles. The number of nitrogens with one attached hydrogen (secondary N) is 1. The molecule has 0 amide bonds. The molecule has 0 unspecified atom stereocenters. The molecule has 4 nitrogen and oxygen atoms in total. The Hall–Kier alpha value is -1.95. The zero-order valence-corrected chi connectivity index (χ0v) is 13.5. The molecule has 0 saturated carbocycles. The topological polar surface area (TPSA) is 69.6 Å². The van der Waals surface area contributed by atoms with Crippen molar-refractivity contribution in [3.8, 4) is 0 Å². The number of aldehydes is 1. The highest BCUT2D eigenvalue weighted by atomic mass is 16.4. The molecule has 0 bridgehead atoms. The van der Waals surface area contributed by atoms with Crippen molar-refractivity contribution in [2.45, 2.75) is 32.9 Å². The van der Waals surface area contributed by atoms with Gasteiger partial charge >= 0.3 is 7.12 Å². The third-order valence-corrected chi connectivity index (χ3v) is 3.92. The van der Waals surface area contributed by atoms with Gasteiger partial charge in [-0.3, -0.25) is 4.79 Å². The largest absolute Gasteiger partial charge is 0.488 e. The van der Waals surface area contributed by atoms with Crippen LogP contribution in [0.1, 0.15) is 46.8 Å². The quantitative estimate of drug-likeness (QED) is 0.536. The van der Waals surface area contributed by atoms with Crippen molar-refractivity contribution in [3.05, 3.63) is 64.7 Å². The van der Waals surface area contributed by atoms with E-state index in [4.69, 9.17) is 0 Å². The molecule has 0 heterocycles. The third-order valence-electron chi connectivity index (χ3n) is 3.92. The van der Waals surface area contributed by atoms with E-state index in [0.29, 0.717) is 30.0 Å². The highest BCUT2D eigenvalue weighted by molar-refractivity contribution is 6.59. The summed E-state index contributed by atoms with van der Waals surface area (Å²) in [6.07, 6.45) is 0.847. The molecule has 2 rings (SSSR count). The number of carbonyl (C=O) groups is 1. The summed E-state index contributed by atoms with van der Waals surface area (Å²) < 4.78 is 0. The average molecular weight is 311 g/mol. The fourth-order valence-electron chi connectivity index (χ4n) is 2.53. The van der Waals surface area contributed by atoms with Crippen molar-refractivity contribution in [1.29, 1.82) is 0 Å². The molecule has 0 radical (unpaired) electrons. The van der Waals surface area contributed by atoms with E-state index in [0.717, 1.165) is 23.0 Å². The minimum Gasteiger partial charge on any atom is -0.423 e. The zero-order valence-electron chi connectivity index (χ0n) is 13.5. The summed E-state index contributed by atoms with van der Waals surface area (Å²) in [5.41, 5.74) is 4.10. The number of benzene rings is 2. The van der Waals surface area contributed by atoms with Crippen LogP contribution in [0, 0.1) is 0 Å². The Morgan fingerprint density at radius 1 is 1.09 bits per heavy atom. The van der Waals surface area contributed by atoms with Crippen molar-refractivity contribution < 1.29 is 14.8 Å². The molecule has 0 atom stereocenters. The van der Waals surface area contributed by atoms with Gasteiger partial charge in [0.05, 0.1) is 0 Å². The van der Waals surface area contributed by atoms with Gasteiger partial charge in [0, 0.05) is 18.7 Å². The van der Waals surface area contributed by atoms with Crippen LogP contribution in [-0.2, 0) is 13.1 Å². The van der Waals surface area contributed by atoms with Crippen LogP contribution in [0.25, 0.3) is 0 Å². The highest BCUT2D eigenvalue weighted by Gasteiger charge is 2.16. The van der Waals surface area contributed by atoms with Gasteiger partial charge in [-0.15, -0.1) is 0 Å². The summed E-state index contributed by atoms with van der Waals surface area (Å²) in [4.78, 5) is 11.0. The van der Waals surface area contributed by atoms with Crippen molar-refractivity contribution in [2.24, 2.45) is 0 Å². The number of hydrogen-bond acceptors (Lipinski definition) is 4. The first-order chi connectivity index (χ1) is 11.0. The second-order valence-electron chi connectivity index (χ2n) is 5.91. The Bertz CT molecular complexity index is 671. The molecule has 2 aromatic carbocycles. The molecule has 0 aliphatic rings. The first kappa shape index (κ1) is 17.4. The Morgan fingerprint density at radius 3 is 2.43 bits per heavy atom. The van der Waals surface area contributed by atoms with E-state index in [1.165, 1.54) is 0 Å². The molecule has 23 heavy (non-hydrogen) atoms. The van der Waals surface area contributed by atoms with Gasteiger partial charge < -0.3 is 15.4 Å². The molecule has 120 valence electrons. The van der Waals surface area contributed by atoms with Gasteiger partial charge in [-0.2, -0.15) is 0 Å². The predicted molar refractivity (Wildman–Crippen MR) is 92.7 cm³/mol. The van der Waals surface area contributed by atoms with E-state index in [-0.39, 0.29) is 0 Å². The summed E-state index contributed by atoms with van der Waals surface area (Å²) >= 11 is 0. The smallest absolute Gasteiger partial charge is 0.423 e. The highest BCUT2D eigenvalue weighted by Crippen LogP contribution is 2.15. The van der Waals surface area contributed by atoms with Crippen LogP contribution in [0.3, 0.4) is 0 Å². The minimum absolute atomic E-state index is 0.370. The second kappa shape index (κ2) is 8.06. The van der Waals surface area contributed by atoms with E-state index in [1.54, 1.807) is 12.1 Å². The summed E-state index contributed by atoms with van der Waals surface area (Å²) in [6, 6.07) is 13.1. The lowest BCUT2D eigenvalue weighted by molar-refractivity contribution is 0.112. The van der Waals surface area contributed by atoms with Gasteiger partial charge in [-0.1, -0.05) is 56.3 Å².